The minimum atomic E-state index is -4.81. The second-order valence-electron chi connectivity index (χ2n) is 4.96. The van der Waals surface area contributed by atoms with Crippen LogP contribution in [-0.4, -0.2) is 23.2 Å². The molecule has 1 aromatic carbocycles. The molecule has 0 saturated carbocycles. The van der Waals surface area contributed by atoms with E-state index in [4.69, 9.17) is 5.11 Å². The summed E-state index contributed by atoms with van der Waals surface area (Å²) >= 11 is 0. The zero-order valence-electron chi connectivity index (χ0n) is 12.1. The normalized spacial score (nSPS) is 14.2. The Bertz CT molecular complexity index is 517. The number of nitrogens with one attached hydrogen (secondary N) is 1. The number of benzene rings is 1. The zero-order valence-corrected chi connectivity index (χ0v) is 12.1. The fraction of sp³-hybridized carbons (Fsp3) is 0.467. The van der Waals surface area contributed by atoms with Gasteiger partial charge in [0.05, 0.1) is 0 Å². The van der Waals surface area contributed by atoms with Crippen molar-refractivity contribution in [2.45, 2.75) is 44.3 Å². The highest BCUT2D eigenvalue weighted by atomic mass is 19.4. The van der Waals surface area contributed by atoms with E-state index in [0.29, 0.717) is 6.42 Å². The average Bonchev–Trinajstić information content (AvgIpc) is 2.43. The van der Waals surface area contributed by atoms with Crippen molar-refractivity contribution in [1.82, 2.24) is 5.32 Å². The predicted molar refractivity (Wildman–Crippen MR) is 74.1 cm³/mol. The standard InChI is InChI=1S/C15H18F3NO3/c1-2-6-12(20)19-14(15(16,17)18,10-9-13(21)22)11-7-4-3-5-8-11/h3-5,7-8H,2,6,9-10H2,1H3,(H,19,20)(H,21,22). The van der Waals surface area contributed by atoms with E-state index in [1.165, 1.54) is 24.3 Å². The van der Waals surface area contributed by atoms with Gasteiger partial charge in [-0.2, -0.15) is 13.2 Å². The maximum atomic E-state index is 13.7. The molecular formula is C15H18F3NO3. The number of carbonyl (C=O) groups excluding carboxylic acids is 1. The van der Waals surface area contributed by atoms with Crippen LogP contribution in [0.1, 0.15) is 38.2 Å². The highest BCUT2D eigenvalue weighted by molar-refractivity contribution is 5.77. The molecule has 0 aliphatic heterocycles. The topological polar surface area (TPSA) is 66.4 Å². The van der Waals surface area contributed by atoms with E-state index in [1.807, 2.05) is 5.32 Å². The van der Waals surface area contributed by atoms with Crippen molar-refractivity contribution < 1.29 is 27.9 Å². The van der Waals surface area contributed by atoms with E-state index in [1.54, 1.807) is 13.0 Å². The molecule has 4 nitrogen and oxygen atoms in total. The van der Waals surface area contributed by atoms with E-state index in [0.717, 1.165) is 0 Å². The van der Waals surface area contributed by atoms with Crippen LogP contribution in [0.3, 0.4) is 0 Å². The van der Waals surface area contributed by atoms with Crippen molar-refractivity contribution in [1.29, 1.82) is 0 Å². The second-order valence-corrected chi connectivity index (χ2v) is 4.96. The first-order chi connectivity index (χ1) is 10.2. The van der Waals surface area contributed by atoms with Gasteiger partial charge in [-0.05, 0) is 18.4 Å². The number of aliphatic carboxylic acids is 1. The number of hydrogen-bond acceptors (Lipinski definition) is 2. The summed E-state index contributed by atoms with van der Waals surface area (Å²) in [6.07, 6.45) is -5.94. The molecule has 0 aromatic heterocycles. The van der Waals surface area contributed by atoms with Crippen LogP contribution in [0, 0.1) is 0 Å². The fourth-order valence-corrected chi connectivity index (χ4v) is 2.20. The number of carboxylic acid groups (broad SMARTS) is 1. The molecule has 1 unspecified atom stereocenters. The maximum absolute atomic E-state index is 13.7. The van der Waals surface area contributed by atoms with Crippen molar-refractivity contribution in [3.63, 3.8) is 0 Å². The SMILES string of the molecule is CCCC(=O)NC(CCC(=O)O)(c1ccccc1)C(F)(F)F. The summed E-state index contributed by atoms with van der Waals surface area (Å²) in [6.45, 7) is 1.68. The molecule has 1 aromatic rings. The van der Waals surface area contributed by atoms with Crippen LogP contribution in [-0.2, 0) is 15.1 Å². The third-order valence-corrected chi connectivity index (χ3v) is 3.29. The number of carbonyl (C=O) groups is 2. The third kappa shape index (κ3) is 4.22. The molecule has 0 aliphatic rings. The van der Waals surface area contributed by atoms with E-state index in [2.05, 4.69) is 0 Å². The lowest BCUT2D eigenvalue weighted by atomic mass is 9.84. The van der Waals surface area contributed by atoms with Crippen molar-refractivity contribution in [2.24, 2.45) is 0 Å². The summed E-state index contributed by atoms with van der Waals surface area (Å²) in [4.78, 5) is 22.5. The van der Waals surface area contributed by atoms with Gasteiger partial charge in [-0.3, -0.25) is 9.59 Å². The summed E-state index contributed by atoms with van der Waals surface area (Å²) in [5, 5.41) is 10.8. The molecule has 122 valence electrons. The predicted octanol–water partition coefficient (Wildman–Crippen LogP) is 3.23. The maximum Gasteiger partial charge on any atom is 0.415 e. The third-order valence-electron chi connectivity index (χ3n) is 3.29. The molecule has 0 aliphatic carbocycles. The molecule has 1 amide bonds. The molecule has 0 radical (unpaired) electrons. The van der Waals surface area contributed by atoms with Crippen LogP contribution in [0.25, 0.3) is 0 Å². The summed E-state index contributed by atoms with van der Waals surface area (Å²) in [5.41, 5.74) is -2.87. The van der Waals surface area contributed by atoms with Crippen molar-refractivity contribution in [3.8, 4) is 0 Å². The first kappa shape index (κ1) is 18.0. The minimum absolute atomic E-state index is 0.0578. The summed E-state index contributed by atoms with van der Waals surface area (Å²) in [5.74, 6) is -2.11. The van der Waals surface area contributed by atoms with Gasteiger partial charge in [0.1, 0.15) is 0 Å². The molecule has 22 heavy (non-hydrogen) atoms. The number of halogens is 3. The van der Waals surface area contributed by atoms with Crippen molar-refractivity contribution >= 4 is 11.9 Å². The Morgan fingerprint density at radius 3 is 2.18 bits per heavy atom. The first-order valence-corrected chi connectivity index (χ1v) is 6.88. The highest BCUT2D eigenvalue weighted by Crippen LogP contribution is 2.42. The Morgan fingerprint density at radius 1 is 1.14 bits per heavy atom. The Labute approximate surface area is 126 Å². The van der Waals surface area contributed by atoms with Crippen LogP contribution in [0.15, 0.2) is 30.3 Å². The van der Waals surface area contributed by atoms with Gasteiger partial charge in [-0.25, -0.2) is 0 Å². The van der Waals surface area contributed by atoms with Crippen LogP contribution in [0.5, 0.6) is 0 Å². The molecule has 0 fully saturated rings. The lowest BCUT2D eigenvalue weighted by molar-refractivity contribution is -0.205. The smallest absolute Gasteiger partial charge is 0.415 e. The van der Waals surface area contributed by atoms with Crippen molar-refractivity contribution in [2.75, 3.05) is 0 Å². The van der Waals surface area contributed by atoms with Crippen LogP contribution in [0.4, 0.5) is 13.2 Å². The average molecular weight is 317 g/mol. The molecule has 1 rings (SSSR count). The number of hydrogen-bond donors (Lipinski definition) is 2. The van der Waals surface area contributed by atoms with E-state index in [9.17, 15) is 22.8 Å². The van der Waals surface area contributed by atoms with Gasteiger partial charge >= 0.3 is 12.1 Å². The van der Waals surface area contributed by atoms with Gasteiger partial charge in [0.25, 0.3) is 0 Å². The molecular weight excluding hydrogens is 299 g/mol. The molecule has 2 N–H and O–H groups in total. The highest BCUT2D eigenvalue weighted by Gasteiger charge is 2.56. The monoisotopic (exact) mass is 317 g/mol. The molecule has 1 atom stereocenters. The van der Waals surface area contributed by atoms with E-state index in [-0.39, 0.29) is 12.0 Å². The number of rotatable bonds is 7. The fourth-order valence-electron chi connectivity index (χ4n) is 2.20. The Balaban J connectivity index is 3.30. The van der Waals surface area contributed by atoms with E-state index < -0.39 is 36.4 Å². The summed E-state index contributed by atoms with van der Waals surface area (Å²) in [7, 11) is 0. The van der Waals surface area contributed by atoms with Gasteiger partial charge in [-0.15, -0.1) is 0 Å². The first-order valence-electron chi connectivity index (χ1n) is 6.88. The minimum Gasteiger partial charge on any atom is -0.481 e. The zero-order chi connectivity index (χ0) is 16.8. The number of alkyl halides is 3. The van der Waals surface area contributed by atoms with Gasteiger partial charge in [0, 0.05) is 12.8 Å². The van der Waals surface area contributed by atoms with Crippen LogP contribution in [0.2, 0.25) is 0 Å². The van der Waals surface area contributed by atoms with Crippen molar-refractivity contribution in [3.05, 3.63) is 35.9 Å². The molecule has 7 heteroatoms. The lowest BCUT2D eigenvalue weighted by Gasteiger charge is -2.37. The Kier molecular flexibility index (Phi) is 5.96. The number of carboxylic acids is 1. The van der Waals surface area contributed by atoms with Gasteiger partial charge in [0.2, 0.25) is 5.91 Å². The Hall–Kier alpha value is -2.05. The van der Waals surface area contributed by atoms with Gasteiger partial charge < -0.3 is 10.4 Å². The Morgan fingerprint density at radius 2 is 1.73 bits per heavy atom. The molecule has 0 spiro atoms. The largest absolute Gasteiger partial charge is 0.481 e. The lowest BCUT2D eigenvalue weighted by Crippen LogP contribution is -2.56. The summed E-state index contributed by atoms with van der Waals surface area (Å²) in [6, 6.07) is 6.87. The quantitative estimate of drug-likeness (QED) is 0.811. The molecule has 0 bridgehead atoms. The van der Waals surface area contributed by atoms with Gasteiger partial charge in [-0.1, -0.05) is 37.3 Å². The number of amides is 1. The molecule has 0 saturated heterocycles. The van der Waals surface area contributed by atoms with Gasteiger partial charge in [0.15, 0.2) is 5.54 Å². The van der Waals surface area contributed by atoms with Crippen LogP contribution < -0.4 is 5.32 Å². The summed E-state index contributed by atoms with van der Waals surface area (Å²) < 4.78 is 41.1. The van der Waals surface area contributed by atoms with Crippen LogP contribution >= 0.6 is 0 Å². The second kappa shape index (κ2) is 7.29. The molecule has 0 heterocycles. The van der Waals surface area contributed by atoms with E-state index >= 15 is 0 Å².